The zero-order valence-electron chi connectivity index (χ0n) is 16.4. The number of nitrogens with one attached hydrogen (secondary N) is 1. The molecule has 31 heavy (non-hydrogen) atoms. The zero-order chi connectivity index (χ0) is 21.8. The van der Waals surface area contributed by atoms with E-state index < -0.39 is 10.0 Å². The van der Waals surface area contributed by atoms with E-state index in [2.05, 4.69) is 15.5 Å². The molecular weight excluding hydrogens is 418 g/mol. The smallest absolute Gasteiger partial charge is 0.247 e. The van der Waals surface area contributed by atoms with E-state index in [0.717, 1.165) is 0 Å². The maximum Gasteiger partial charge on any atom is 0.247 e. The summed E-state index contributed by atoms with van der Waals surface area (Å²) in [6.45, 7) is 0.505. The minimum atomic E-state index is -3.66. The van der Waals surface area contributed by atoms with Gasteiger partial charge in [0, 0.05) is 30.3 Å². The minimum Gasteiger partial charge on any atom is -0.423 e. The lowest BCUT2D eigenvalue weighted by Gasteiger charge is -2.30. The number of amides is 1. The highest BCUT2D eigenvalue weighted by Crippen LogP contribution is 2.26. The van der Waals surface area contributed by atoms with Gasteiger partial charge in [0.2, 0.25) is 28.2 Å². The number of sulfonamides is 1. The molecule has 3 aromatic rings. The Kier molecular flexibility index (Phi) is 5.79. The van der Waals surface area contributed by atoms with Crippen LogP contribution in [-0.4, -0.2) is 41.9 Å². The standard InChI is InChI=1S/C21H19N5O4S/c22-13-15-4-6-19(7-5-15)31(28,29)26-10-8-16(9-11-26)20(27)24-18-3-1-2-17(12-18)21-25-23-14-30-21/h1-7,12,14,16H,8-11H2,(H,24,27). The number of carbonyl (C=O) groups excluding carboxylic acids is 1. The average Bonchev–Trinajstić information content (AvgIpc) is 3.34. The number of rotatable bonds is 5. The van der Waals surface area contributed by atoms with E-state index in [0.29, 0.717) is 35.5 Å². The molecule has 0 atom stereocenters. The second kappa shape index (κ2) is 8.67. The van der Waals surface area contributed by atoms with E-state index in [1.54, 1.807) is 24.3 Å². The molecule has 0 aliphatic carbocycles. The number of anilines is 1. The molecule has 1 saturated heterocycles. The molecule has 0 saturated carbocycles. The molecule has 0 spiro atoms. The van der Waals surface area contributed by atoms with Crippen LogP contribution < -0.4 is 5.32 Å². The first-order valence-electron chi connectivity index (χ1n) is 9.65. The van der Waals surface area contributed by atoms with Crippen LogP contribution in [0.15, 0.2) is 64.2 Å². The first kappa shape index (κ1) is 20.7. The Hall–Kier alpha value is -3.55. The maximum absolute atomic E-state index is 12.8. The molecule has 1 N–H and O–H groups in total. The van der Waals surface area contributed by atoms with Crippen molar-refractivity contribution in [1.29, 1.82) is 5.26 Å². The van der Waals surface area contributed by atoms with Gasteiger partial charge in [0.15, 0.2) is 0 Å². The van der Waals surface area contributed by atoms with Crippen molar-refractivity contribution >= 4 is 21.6 Å². The van der Waals surface area contributed by atoms with Crippen LogP contribution in [0.3, 0.4) is 0 Å². The first-order chi connectivity index (χ1) is 15.0. The van der Waals surface area contributed by atoms with Crippen LogP contribution in [0, 0.1) is 17.2 Å². The summed E-state index contributed by atoms with van der Waals surface area (Å²) in [5.74, 6) is -0.0880. The Bertz CT molecular complexity index is 1210. The monoisotopic (exact) mass is 437 g/mol. The van der Waals surface area contributed by atoms with Crippen molar-refractivity contribution in [1.82, 2.24) is 14.5 Å². The van der Waals surface area contributed by atoms with Crippen LogP contribution in [0.1, 0.15) is 18.4 Å². The van der Waals surface area contributed by atoms with Gasteiger partial charge in [-0.25, -0.2) is 8.42 Å². The SMILES string of the molecule is N#Cc1ccc(S(=O)(=O)N2CCC(C(=O)Nc3cccc(-c4nnco4)c3)CC2)cc1. The summed E-state index contributed by atoms with van der Waals surface area (Å²) < 4.78 is 32.2. The third-order valence-corrected chi connectivity index (χ3v) is 7.10. The lowest BCUT2D eigenvalue weighted by molar-refractivity contribution is -0.120. The fourth-order valence-corrected chi connectivity index (χ4v) is 4.95. The summed E-state index contributed by atoms with van der Waals surface area (Å²) >= 11 is 0. The highest BCUT2D eigenvalue weighted by Gasteiger charge is 2.32. The van der Waals surface area contributed by atoms with E-state index in [4.69, 9.17) is 9.68 Å². The summed E-state index contributed by atoms with van der Waals surface area (Å²) in [6, 6.07) is 14.9. The largest absolute Gasteiger partial charge is 0.423 e. The summed E-state index contributed by atoms with van der Waals surface area (Å²) in [4.78, 5) is 12.8. The second-order valence-corrected chi connectivity index (χ2v) is 9.07. The van der Waals surface area contributed by atoms with Crippen LogP contribution in [0.2, 0.25) is 0 Å². The van der Waals surface area contributed by atoms with Crippen molar-refractivity contribution in [2.45, 2.75) is 17.7 Å². The number of carbonyl (C=O) groups is 1. The molecule has 1 aromatic heterocycles. The Balaban J connectivity index is 1.38. The Morgan fingerprint density at radius 3 is 2.55 bits per heavy atom. The van der Waals surface area contributed by atoms with Crippen molar-refractivity contribution in [3.63, 3.8) is 0 Å². The molecule has 4 rings (SSSR count). The van der Waals surface area contributed by atoms with Crippen molar-refractivity contribution in [3.8, 4) is 17.5 Å². The number of nitrogens with zero attached hydrogens (tertiary/aromatic N) is 4. The molecule has 158 valence electrons. The Morgan fingerprint density at radius 2 is 1.90 bits per heavy atom. The molecule has 1 fully saturated rings. The van der Waals surface area contributed by atoms with Gasteiger partial charge < -0.3 is 9.73 Å². The van der Waals surface area contributed by atoms with E-state index in [-0.39, 0.29) is 29.8 Å². The fraction of sp³-hybridized carbons (Fsp3) is 0.238. The molecule has 9 nitrogen and oxygen atoms in total. The molecule has 1 amide bonds. The molecule has 0 radical (unpaired) electrons. The van der Waals surface area contributed by atoms with Gasteiger partial charge in [-0.05, 0) is 55.3 Å². The first-order valence-corrected chi connectivity index (χ1v) is 11.1. The third kappa shape index (κ3) is 4.47. The zero-order valence-corrected chi connectivity index (χ0v) is 17.2. The van der Waals surface area contributed by atoms with Crippen molar-refractivity contribution < 1.29 is 17.6 Å². The molecule has 1 aliphatic rings. The van der Waals surface area contributed by atoms with Gasteiger partial charge in [-0.3, -0.25) is 4.79 Å². The van der Waals surface area contributed by atoms with Crippen molar-refractivity contribution in [2.75, 3.05) is 18.4 Å². The highest BCUT2D eigenvalue weighted by atomic mass is 32.2. The van der Waals surface area contributed by atoms with Crippen LogP contribution in [0.25, 0.3) is 11.5 Å². The molecule has 2 heterocycles. The van der Waals surface area contributed by atoms with Gasteiger partial charge in [0.25, 0.3) is 0 Å². The fourth-order valence-electron chi connectivity index (χ4n) is 3.48. The Labute approximate surface area is 179 Å². The van der Waals surface area contributed by atoms with Gasteiger partial charge in [0.1, 0.15) is 0 Å². The number of hydrogen-bond donors (Lipinski definition) is 1. The van der Waals surface area contributed by atoms with Crippen molar-refractivity contribution in [3.05, 3.63) is 60.5 Å². The molecular formula is C21H19N5O4S. The quantitative estimate of drug-likeness (QED) is 0.649. The van der Waals surface area contributed by atoms with Crippen LogP contribution in [0.5, 0.6) is 0 Å². The third-order valence-electron chi connectivity index (χ3n) is 5.18. The van der Waals surface area contributed by atoms with Gasteiger partial charge in [-0.1, -0.05) is 6.07 Å². The van der Waals surface area contributed by atoms with Crippen LogP contribution in [0.4, 0.5) is 5.69 Å². The van der Waals surface area contributed by atoms with Crippen molar-refractivity contribution in [2.24, 2.45) is 5.92 Å². The molecule has 10 heteroatoms. The number of piperidine rings is 1. The lowest BCUT2D eigenvalue weighted by Crippen LogP contribution is -2.41. The normalized spacial score (nSPS) is 15.3. The minimum absolute atomic E-state index is 0.146. The number of aromatic nitrogens is 2. The average molecular weight is 437 g/mol. The number of nitriles is 1. The van der Waals surface area contributed by atoms with E-state index >= 15 is 0 Å². The molecule has 0 bridgehead atoms. The van der Waals surface area contributed by atoms with Gasteiger partial charge in [-0.15, -0.1) is 10.2 Å². The van der Waals surface area contributed by atoms with Gasteiger partial charge in [0.05, 0.1) is 16.5 Å². The summed E-state index contributed by atoms with van der Waals surface area (Å²) in [6.07, 6.45) is 2.08. The lowest BCUT2D eigenvalue weighted by atomic mass is 9.97. The molecule has 0 unspecified atom stereocenters. The van der Waals surface area contributed by atoms with Gasteiger partial charge in [-0.2, -0.15) is 9.57 Å². The van der Waals surface area contributed by atoms with Crippen LogP contribution in [-0.2, 0) is 14.8 Å². The van der Waals surface area contributed by atoms with E-state index in [9.17, 15) is 13.2 Å². The topological polar surface area (TPSA) is 129 Å². The predicted molar refractivity (Wildman–Crippen MR) is 111 cm³/mol. The van der Waals surface area contributed by atoms with E-state index in [1.165, 1.54) is 35.0 Å². The number of hydrogen-bond acceptors (Lipinski definition) is 7. The van der Waals surface area contributed by atoms with Crippen LogP contribution >= 0.6 is 0 Å². The predicted octanol–water partition coefficient (Wildman–Crippen LogP) is 2.65. The summed E-state index contributed by atoms with van der Waals surface area (Å²) in [7, 11) is -3.66. The Morgan fingerprint density at radius 1 is 1.16 bits per heavy atom. The van der Waals surface area contributed by atoms with Gasteiger partial charge >= 0.3 is 0 Å². The van der Waals surface area contributed by atoms with E-state index in [1.807, 2.05) is 6.07 Å². The maximum atomic E-state index is 12.8. The summed E-state index contributed by atoms with van der Waals surface area (Å²) in [5.41, 5.74) is 1.70. The highest BCUT2D eigenvalue weighted by molar-refractivity contribution is 7.89. The molecule has 1 aliphatic heterocycles. The second-order valence-electron chi connectivity index (χ2n) is 7.13. The summed E-state index contributed by atoms with van der Waals surface area (Å²) in [5, 5.41) is 19.3. The number of benzene rings is 2. The molecule has 2 aromatic carbocycles.